The highest BCUT2D eigenvalue weighted by Gasteiger charge is 2.12. The van der Waals surface area contributed by atoms with Crippen molar-refractivity contribution in [2.24, 2.45) is 5.92 Å². The van der Waals surface area contributed by atoms with Crippen LogP contribution in [0.5, 0.6) is 0 Å². The molecule has 0 aliphatic heterocycles. The Morgan fingerprint density at radius 2 is 2.31 bits per heavy atom. The highest BCUT2D eigenvalue weighted by molar-refractivity contribution is 7.99. The van der Waals surface area contributed by atoms with Gasteiger partial charge in [0.25, 0.3) is 5.69 Å². The van der Waals surface area contributed by atoms with Crippen LogP contribution >= 0.6 is 11.8 Å². The summed E-state index contributed by atoms with van der Waals surface area (Å²) < 4.78 is 0. The van der Waals surface area contributed by atoms with Crippen LogP contribution in [0, 0.1) is 23.0 Å². The third-order valence-electron chi connectivity index (χ3n) is 2.06. The minimum atomic E-state index is -0.437. The molecule has 1 atom stereocenters. The molecule has 1 aromatic rings. The molecule has 1 rings (SSSR count). The van der Waals surface area contributed by atoms with Gasteiger partial charge in [-0.3, -0.25) is 10.1 Å². The van der Waals surface area contributed by atoms with Gasteiger partial charge in [0.1, 0.15) is 5.69 Å². The van der Waals surface area contributed by atoms with Crippen LogP contribution in [0.4, 0.5) is 5.69 Å². The molecule has 0 saturated carbocycles. The number of aliphatic hydroxyl groups is 1. The molecule has 0 aliphatic rings. The second-order valence-electron chi connectivity index (χ2n) is 3.61. The number of hydrogen-bond donors (Lipinski definition) is 1. The summed E-state index contributed by atoms with van der Waals surface area (Å²) in [5.41, 5.74) is 0.464. The zero-order valence-corrected chi connectivity index (χ0v) is 10.0. The molecule has 0 spiro atoms. The van der Waals surface area contributed by atoms with Crippen LogP contribution in [0.3, 0.4) is 0 Å². The number of aryl methyl sites for hydroxylation is 1. The fourth-order valence-electron chi connectivity index (χ4n) is 1.08. The number of pyridine rings is 1. The van der Waals surface area contributed by atoms with Gasteiger partial charge < -0.3 is 5.11 Å². The summed E-state index contributed by atoms with van der Waals surface area (Å²) in [4.78, 5) is 14.3. The van der Waals surface area contributed by atoms with Crippen molar-refractivity contribution in [2.75, 3.05) is 12.4 Å². The summed E-state index contributed by atoms with van der Waals surface area (Å²) in [5.74, 6) is 0.947. The Balaban J connectivity index is 2.70. The van der Waals surface area contributed by atoms with Crippen molar-refractivity contribution < 1.29 is 10.0 Å². The molecule has 16 heavy (non-hydrogen) atoms. The van der Waals surface area contributed by atoms with Crippen molar-refractivity contribution in [1.82, 2.24) is 4.98 Å². The Morgan fingerprint density at radius 3 is 2.81 bits per heavy atom. The minimum Gasteiger partial charge on any atom is -0.396 e. The molecule has 0 aromatic carbocycles. The number of aliphatic hydroxyl groups excluding tert-OH is 1. The SMILES string of the molecule is Cc1nc(SCC(C)CO)ccc1[N+](=O)[O-]. The monoisotopic (exact) mass is 242 g/mol. The average molecular weight is 242 g/mol. The van der Waals surface area contributed by atoms with Crippen LogP contribution < -0.4 is 0 Å². The quantitative estimate of drug-likeness (QED) is 0.485. The second-order valence-corrected chi connectivity index (χ2v) is 4.65. The van der Waals surface area contributed by atoms with Gasteiger partial charge in [0, 0.05) is 18.4 Å². The third-order valence-corrected chi connectivity index (χ3v) is 3.32. The van der Waals surface area contributed by atoms with Crippen molar-refractivity contribution in [1.29, 1.82) is 0 Å². The maximum Gasteiger partial charge on any atom is 0.290 e. The molecule has 6 heteroatoms. The fourth-order valence-corrected chi connectivity index (χ4v) is 2.01. The summed E-state index contributed by atoms with van der Waals surface area (Å²) in [6.45, 7) is 3.70. The van der Waals surface area contributed by atoms with Crippen LogP contribution in [-0.4, -0.2) is 27.4 Å². The van der Waals surface area contributed by atoms with E-state index in [-0.39, 0.29) is 18.2 Å². The van der Waals surface area contributed by atoms with E-state index in [1.165, 1.54) is 17.8 Å². The molecule has 88 valence electrons. The average Bonchev–Trinajstić information content (AvgIpc) is 2.25. The van der Waals surface area contributed by atoms with Crippen molar-refractivity contribution in [3.8, 4) is 0 Å². The molecule has 1 heterocycles. The molecule has 0 fully saturated rings. The van der Waals surface area contributed by atoms with E-state index in [9.17, 15) is 10.1 Å². The third kappa shape index (κ3) is 3.46. The maximum absolute atomic E-state index is 10.6. The lowest BCUT2D eigenvalue weighted by Crippen LogP contribution is -2.03. The molecule has 1 unspecified atom stereocenters. The first-order valence-electron chi connectivity index (χ1n) is 4.90. The van der Waals surface area contributed by atoms with Gasteiger partial charge in [0.05, 0.1) is 9.95 Å². The standard InChI is InChI=1S/C10H14N2O3S/c1-7(5-13)6-16-10-4-3-9(12(14)15)8(2)11-10/h3-4,7,13H,5-6H2,1-2H3. The van der Waals surface area contributed by atoms with Gasteiger partial charge in [0.15, 0.2) is 0 Å². The number of nitrogens with zero attached hydrogens (tertiary/aromatic N) is 2. The molecule has 1 N–H and O–H groups in total. The predicted octanol–water partition coefficient (Wildman–Crippen LogP) is 2.02. The van der Waals surface area contributed by atoms with E-state index >= 15 is 0 Å². The minimum absolute atomic E-state index is 0.0413. The first-order chi connectivity index (χ1) is 7.54. The molecular formula is C10H14N2O3S. The number of hydrogen-bond acceptors (Lipinski definition) is 5. The highest BCUT2D eigenvalue weighted by atomic mass is 32.2. The van der Waals surface area contributed by atoms with Crippen molar-refractivity contribution >= 4 is 17.4 Å². The van der Waals surface area contributed by atoms with E-state index in [4.69, 9.17) is 5.11 Å². The van der Waals surface area contributed by atoms with Crippen LogP contribution in [0.2, 0.25) is 0 Å². The predicted molar refractivity (Wildman–Crippen MR) is 62.6 cm³/mol. The summed E-state index contributed by atoms with van der Waals surface area (Å²) >= 11 is 1.49. The number of aromatic nitrogens is 1. The molecule has 0 saturated heterocycles. The fraction of sp³-hybridized carbons (Fsp3) is 0.500. The van der Waals surface area contributed by atoms with Gasteiger partial charge in [-0.2, -0.15) is 0 Å². The van der Waals surface area contributed by atoms with Gasteiger partial charge in [-0.1, -0.05) is 6.92 Å². The van der Waals surface area contributed by atoms with Crippen molar-refractivity contribution in [3.63, 3.8) is 0 Å². The van der Waals surface area contributed by atoms with E-state index < -0.39 is 4.92 Å². The lowest BCUT2D eigenvalue weighted by Gasteiger charge is -2.06. The Labute approximate surface area is 98.0 Å². The highest BCUT2D eigenvalue weighted by Crippen LogP contribution is 2.23. The lowest BCUT2D eigenvalue weighted by atomic mass is 10.2. The Bertz CT molecular complexity index is 384. The van der Waals surface area contributed by atoms with Gasteiger partial charge in [-0.25, -0.2) is 4.98 Å². The largest absolute Gasteiger partial charge is 0.396 e. The van der Waals surface area contributed by atoms with Crippen molar-refractivity contribution in [2.45, 2.75) is 18.9 Å². The summed E-state index contributed by atoms with van der Waals surface area (Å²) in [6, 6.07) is 3.11. The molecule has 0 radical (unpaired) electrons. The summed E-state index contributed by atoms with van der Waals surface area (Å²) in [7, 11) is 0. The van der Waals surface area contributed by atoms with Crippen LogP contribution in [0.15, 0.2) is 17.2 Å². The van der Waals surface area contributed by atoms with Gasteiger partial charge >= 0.3 is 0 Å². The van der Waals surface area contributed by atoms with E-state index in [0.717, 1.165) is 10.8 Å². The van der Waals surface area contributed by atoms with E-state index in [2.05, 4.69) is 4.98 Å². The Kier molecular flexibility index (Phi) is 4.70. The van der Waals surface area contributed by atoms with E-state index in [1.54, 1.807) is 13.0 Å². The Morgan fingerprint density at radius 1 is 1.62 bits per heavy atom. The topological polar surface area (TPSA) is 76.3 Å². The normalized spacial score (nSPS) is 12.4. The van der Waals surface area contributed by atoms with Crippen LogP contribution in [0.25, 0.3) is 0 Å². The molecule has 0 aliphatic carbocycles. The molecule has 5 nitrogen and oxygen atoms in total. The molecule has 0 amide bonds. The summed E-state index contributed by atoms with van der Waals surface area (Å²) in [6.07, 6.45) is 0. The second kappa shape index (κ2) is 5.81. The van der Waals surface area contributed by atoms with Crippen LogP contribution in [0.1, 0.15) is 12.6 Å². The zero-order chi connectivity index (χ0) is 12.1. The zero-order valence-electron chi connectivity index (χ0n) is 9.21. The first-order valence-corrected chi connectivity index (χ1v) is 5.89. The number of thioether (sulfide) groups is 1. The van der Waals surface area contributed by atoms with Gasteiger partial charge in [-0.15, -0.1) is 11.8 Å². The smallest absolute Gasteiger partial charge is 0.290 e. The molecule has 0 bridgehead atoms. The number of rotatable bonds is 5. The lowest BCUT2D eigenvalue weighted by molar-refractivity contribution is -0.385. The Hall–Kier alpha value is -1.14. The van der Waals surface area contributed by atoms with E-state index in [1.807, 2.05) is 6.92 Å². The molecular weight excluding hydrogens is 228 g/mol. The van der Waals surface area contributed by atoms with Crippen LogP contribution in [-0.2, 0) is 0 Å². The van der Waals surface area contributed by atoms with Gasteiger partial charge in [-0.05, 0) is 18.9 Å². The van der Waals surface area contributed by atoms with Crippen molar-refractivity contribution in [3.05, 3.63) is 27.9 Å². The molecule has 1 aromatic heterocycles. The number of nitro groups is 1. The first kappa shape index (κ1) is 12.9. The maximum atomic E-state index is 10.6. The summed E-state index contributed by atoms with van der Waals surface area (Å²) in [5, 5.41) is 20.2. The van der Waals surface area contributed by atoms with E-state index in [0.29, 0.717) is 5.69 Å². The van der Waals surface area contributed by atoms with Gasteiger partial charge in [0.2, 0.25) is 0 Å².